The van der Waals surface area contributed by atoms with Crippen molar-refractivity contribution in [2.24, 2.45) is 0 Å². The maximum atomic E-state index is 12.6. The first-order valence-electron chi connectivity index (χ1n) is 10.1. The molecule has 2 amide bonds. The van der Waals surface area contributed by atoms with Crippen molar-refractivity contribution in [2.45, 2.75) is 25.2 Å². The highest BCUT2D eigenvalue weighted by Gasteiger charge is 2.26. The number of nitrogens with zero attached hydrogens (tertiary/aromatic N) is 1. The van der Waals surface area contributed by atoms with Gasteiger partial charge in [-0.1, -0.05) is 18.2 Å². The summed E-state index contributed by atoms with van der Waals surface area (Å²) in [7, 11) is -3.53. The van der Waals surface area contributed by atoms with E-state index >= 15 is 0 Å². The largest absolute Gasteiger partial charge is 0.379 e. The van der Waals surface area contributed by atoms with Crippen LogP contribution in [0.15, 0.2) is 47.4 Å². The van der Waals surface area contributed by atoms with Crippen LogP contribution in [0.25, 0.3) is 0 Å². The lowest BCUT2D eigenvalue weighted by Crippen LogP contribution is -2.40. The van der Waals surface area contributed by atoms with E-state index in [1.165, 1.54) is 4.31 Å². The van der Waals surface area contributed by atoms with Gasteiger partial charge >= 0.3 is 11.8 Å². The molecule has 0 aliphatic carbocycles. The highest BCUT2D eigenvalue weighted by atomic mass is 32.2. The number of sulfonamides is 1. The van der Waals surface area contributed by atoms with Crippen molar-refractivity contribution in [1.82, 2.24) is 9.62 Å². The monoisotopic (exact) mass is 445 g/mol. The molecule has 0 aromatic heterocycles. The van der Waals surface area contributed by atoms with E-state index in [0.717, 1.165) is 16.7 Å². The molecule has 1 saturated heterocycles. The minimum Gasteiger partial charge on any atom is -0.379 e. The standard InChI is InChI=1S/C22H27N3O5S/c1-16-13-17(2)15-19(14-16)24-22(27)21(26)23-8-7-18-3-5-20(6-4-18)31(28,29)25-9-11-30-12-10-25/h3-6,13-15H,7-12H2,1-2H3,(H,23,26)(H,24,27). The number of nitrogens with one attached hydrogen (secondary N) is 2. The van der Waals surface area contributed by atoms with Gasteiger partial charge in [0.1, 0.15) is 0 Å². The molecule has 2 aromatic carbocycles. The molecular weight excluding hydrogens is 418 g/mol. The fourth-order valence-electron chi connectivity index (χ4n) is 3.40. The Morgan fingerprint density at radius 3 is 2.19 bits per heavy atom. The third-order valence-electron chi connectivity index (χ3n) is 4.92. The second-order valence-corrected chi connectivity index (χ2v) is 9.43. The number of amides is 2. The minimum absolute atomic E-state index is 0.231. The molecule has 0 bridgehead atoms. The van der Waals surface area contributed by atoms with Crippen LogP contribution < -0.4 is 10.6 Å². The number of hydrogen-bond acceptors (Lipinski definition) is 5. The Bertz CT molecular complexity index is 1030. The number of hydrogen-bond donors (Lipinski definition) is 2. The average molecular weight is 446 g/mol. The highest BCUT2D eigenvalue weighted by Crippen LogP contribution is 2.18. The van der Waals surface area contributed by atoms with E-state index in [2.05, 4.69) is 10.6 Å². The zero-order chi connectivity index (χ0) is 22.4. The highest BCUT2D eigenvalue weighted by molar-refractivity contribution is 7.89. The summed E-state index contributed by atoms with van der Waals surface area (Å²) in [5, 5.41) is 5.18. The fourth-order valence-corrected chi connectivity index (χ4v) is 4.81. The molecule has 166 valence electrons. The second kappa shape index (κ2) is 10.0. The van der Waals surface area contributed by atoms with Gasteiger partial charge in [0.25, 0.3) is 0 Å². The van der Waals surface area contributed by atoms with E-state index in [-0.39, 0.29) is 11.4 Å². The van der Waals surface area contributed by atoms with E-state index in [9.17, 15) is 18.0 Å². The maximum Gasteiger partial charge on any atom is 0.313 e. The van der Waals surface area contributed by atoms with Gasteiger partial charge in [0.2, 0.25) is 10.0 Å². The Balaban J connectivity index is 1.49. The first-order valence-corrected chi connectivity index (χ1v) is 11.5. The predicted octanol–water partition coefficient (Wildman–Crippen LogP) is 1.62. The number of carbonyl (C=O) groups is 2. The summed E-state index contributed by atoms with van der Waals surface area (Å²) in [4.78, 5) is 24.4. The Morgan fingerprint density at radius 1 is 0.968 bits per heavy atom. The summed E-state index contributed by atoms with van der Waals surface area (Å²) in [6, 6.07) is 12.1. The normalized spacial score (nSPS) is 14.8. The maximum absolute atomic E-state index is 12.6. The summed E-state index contributed by atoms with van der Waals surface area (Å²) in [6.45, 7) is 5.58. The third kappa shape index (κ3) is 6.13. The topological polar surface area (TPSA) is 105 Å². The van der Waals surface area contributed by atoms with E-state index < -0.39 is 21.8 Å². The van der Waals surface area contributed by atoms with Crippen molar-refractivity contribution in [3.8, 4) is 0 Å². The summed E-state index contributed by atoms with van der Waals surface area (Å²) in [5.74, 6) is -1.44. The first-order chi connectivity index (χ1) is 14.8. The van der Waals surface area contributed by atoms with Crippen molar-refractivity contribution < 1.29 is 22.7 Å². The van der Waals surface area contributed by atoms with Crippen molar-refractivity contribution in [3.05, 3.63) is 59.2 Å². The lowest BCUT2D eigenvalue weighted by molar-refractivity contribution is -0.136. The van der Waals surface area contributed by atoms with E-state index in [1.54, 1.807) is 36.4 Å². The number of aryl methyl sites for hydroxylation is 2. The van der Waals surface area contributed by atoms with Crippen LogP contribution in [0, 0.1) is 13.8 Å². The molecule has 2 aromatic rings. The Morgan fingerprint density at radius 2 is 1.58 bits per heavy atom. The van der Waals surface area contributed by atoms with Gasteiger partial charge in [0, 0.05) is 25.3 Å². The summed E-state index contributed by atoms with van der Waals surface area (Å²) in [6.07, 6.45) is 0.473. The predicted molar refractivity (Wildman–Crippen MR) is 117 cm³/mol. The molecule has 1 aliphatic heterocycles. The van der Waals surface area contributed by atoms with Crippen LogP contribution in [0.4, 0.5) is 5.69 Å². The molecule has 0 unspecified atom stereocenters. The molecular formula is C22H27N3O5S. The van der Waals surface area contributed by atoms with E-state index in [4.69, 9.17) is 4.74 Å². The van der Waals surface area contributed by atoms with Crippen LogP contribution >= 0.6 is 0 Å². The third-order valence-corrected chi connectivity index (χ3v) is 6.83. The molecule has 2 N–H and O–H groups in total. The van der Waals surface area contributed by atoms with Crippen molar-refractivity contribution in [1.29, 1.82) is 0 Å². The number of rotatable bonds is 6. The van der Waals surface area contributed by atoms with Crippen molar-refractivity contribution in [2.75, 3.05) is 38.2 Å². The number of benzene rings is 2. The molecule has 8 nitrogen and oxygen atoms in total. The zero-order valence-corrected chi connectivity index (χ0v) is 18.5. The van der Waals surface area contributed by atoms with Gasteiger partial charge in [-0.3, -0.25) is 9.59 Å². The Kier molecular flexibility index (Phi) is 7.42. The lowest BCUT2D eigenvalue weighted by atomic mass is 10.1. The number of carbonyl (C=O) groups excluding carboxylic acids is 2. The fraction of sp³-hybridized carbons (Fsp3) is 0.364. The van der Waals surface area contributed by atoms with Gasteiger partial charge in [-0.15, -0.1) is 0 Å². The SMILES string of the molecule is Cc1cc(C)cc(NC(=O)C(=O)NCCc2ccc(S(=O)(=O)N3CCOCC3)cc2)c1. The molecule has 1 aliphatic rings. The number of morpholine rings is 1. The number of anilines is 1. The van der Waals surface area contributed by atoms with E-state index in [0.29, 0.717) is 38.4 Å². The van der Waals surface area contributed by atoms with Crippen LogP contribution in [0.5, 0.6) is 0 Å². The Labute approximate surface area is 182 Å². The molecule has 1 fully saturated rings. The van der Waals surface area contributed by atoms with Gasteiger partial charge in [-0.05, 0) is 61.2 Å². The summed E-state index contributed by atoms with van der Waals surface area (Å²) in [5.41, 5.74) is 3.43. The van der Waals surface area contributed by atoms with E-state index in [1.807, 2.05) is 19.9 Å². The molecule has 31 heavy (non-hydrogen) atoms. The Hall–Kier alpha value is -2.75. The van der Waals surface area contributed by atoms with Gasteiger partial charge < -0.3 is 15.4 Å². The summed E-state index contributed by atoms with van der Waals surface area (Å²) >= 11 is 0. The molecule has 0 radical (unpaired) electrons. The molecule has 3 rings (SSSR count). The van der Waals surface area contributed by atoms with Crippen molar-refractivity contribution in [3.63, 3.8) is 0 Å². The molecule has 0 atom stereocenters. The molecule has 0 saturated carbocycles. The first kappa shape index (κ1) is 22.9. The number of ether oxygens (including phenoxy) is 1. The summed E-state index contributed by atoms with van der Waals surface area (Å²) < 4.78 is 31.9. The zero-order valence-electron chi connectivity index (χ0n) is 17.7. The second-order valence-electron chi connectivity index (χ2n) is 7.50. The van der Waals surface area contributed by atoms with Crippen LogP contribution in [0.2, 0.25) is 0 Å². The van der Waals surface area contributed by atoms with Crippen LogP contribution in [-0.4, -0.2) is 57.4 Å². The van der Waals surface area contributed by atoms with Gasteiger partial charge in [0.15, 0.2) is 0 Å². The van der Waals surface area contributed by atoms with Crippen LogP contribution in [0.3, 0.4) is 0 Å². The van der Waals surface area contributed by atoms with Crippen LogP contribution in [-0.2, 0) is 30.8 Å². The van der Waals surface area contributed by atoms with Crippen LogP contribution in [0.1, 0.15) is 16.7 Å². The quantitative estimate of drug-likeness (QED) is 0.658. The molecule has 1 heterocycles. The average Bonchev–Trinajstić information content (AvgIpc) is 2.74. The lowest BCUT2D eigenvalue weighted by Gasteiger charge is -2.26. The van der Waals surface area contributed by atoms with Gasteiger partial charge in [-0.25, -0.2) is 8.42 Å². The molecule has 0 spiro atoms. The minimum atomic E-state index is -3.53. The van der Waals surface area contributed by atoms with Gasteiger partial charge in [0.05, 0.1) is 18.1 Å². The van der Waals surface area contributed by atoms with Crippen molar-refractivity contribution >= 4 is 27.5 Å². The molecule has 9 heteroatoms. The van der Waals surface area contributed by atoms with Gasteiger partial charge in [-0.2, -0.15) is 4.31 Å². The smallest absolute Gasteiger partial charge is 0.313 e.